The zero-order valence-corrected chi connectivity index (χ0v) is 13.5. The molecule has 2 heteroatoms. The number of benzene rings is 3. The van der Waals surface area contributed by atoms with Crippen molar-refractivity contribution in [2.75, 3.05) is 6.61 Å². The maximum absolute atomic E-state index is 11.8. The second-order valence-corrected chi connectivity index (χ2v) is 5.97. The number of rotatable bonds is 3. The zero-order valence-electron chi connectivity index (χ0n) is 13.5. The molecule has 4 rings (SSSR count). The first-order valence-electron chi connectivity index (χ1n) is 8.25. The minimum absolute atomic E-state index is 0.224. The van der Waals surface area contributed by atoms with E-state index in [0.717, 1.165) is 0 Å². The molecule has 118 valence electrons. The molecule has 0 amide bonds. The van der Waals surface area contributed by atoms with Gasteiger partial charge in [-0.2, -0.15) is 0 Å². The van der Waals surface area contributed by atoms with Crippen LogP contribution in [0.2, 0.25) is 0 Å². The molecule has 1 aliphatic carbocycles. The Balaban J connectivity index is 1.74. The van der Waals surface area contributed by atoms with Gasteiger partial charge >= 0.3 is 5.97 Å². The second-order valence-electron chi connectivity index (χ2n) is 5.97. The summed E-state index contributed by atoms with van der Waals surface area (Å²) in [5, 5.41) is 2.55. The van der Waals surface area contributed by atoms with Crippen LogP contribution in [0.3, 0.4) is 0 Å². The quantitative estimate of drug-likeness (QED) is 0.623. The van der Waals surface area contributed by atoms with E-state index in [4.69, 9.17) is 4.74 Å². The van der Waals surface area contributed by atoms with E-state index in [2.05, 4.69) is 48.6 Å². The number of carbonyl (C=O) groups is 1. The number of ether oxygens (including phenoxy) is 1. The summed E-state index contributed by atoms with van der Waals surface area (Å²) in [5.41, 5.74) is 4.40. The highest BCUT2D eigenvalue weighted by molar-refractivity contribution is 5.92. The molecule has 0 aliphatic heterocycles. The van der Waals surface area contributed by atoms with E-state index in [1.807, 2.05) is 31.2 Å². The summed E-state index contributed by atoms with van der Waals surface area (Å²) in [7, 11) is 0. The van der Waals surface area contributed by atoms with Crippen LogP contribution in [0.4, 0.5) is 0 Å². The van der Waals surface area contributed by atoms with Crippen molar-refractivity contribution in [3.63, 3.8) is 0 Å². The van der Waals surface area contributed by atoms with Crippen LogP contribution in [-0.4, -0.2) is 12.6 Å². The fourth-order valence-corrected chi connectivity index (χ4v) is 3.42. The molecule has 0 bridgehead atoms. The fraction of sp³-hybridized carbons (Fsp3) is 0.136. The lowest BCUT2D eigenvalue weighted by Gasteiger charge is -2.15. The SMILES string of the molecule is CCOC(=O)c1ccc(C2C=Cc3ccc4ccccc4c32)cc1. The van der Waals surface area contributed by atoms with Crippen molar-refractivity contribution in [3.8, 4) is 0 Å². The number of carbonyl (C=O) groups excluding carboxylic acids is 1. The van der Waals surface area contributed by atoms with Gasteiger partial charge in [0.2, 0.25) is 0 Å². The summed E-state index contributed by atoms with van der Waals surface area (Å²) in [5.74, 6) is -0.0424. The Morgan fingerprint density at radius 1 is 1.00 bits per heavy atom. The molecule has 1 atom stereocenters. The summed E-state index contributed by atoms with van der Waals surface area (Å²) < 4.78 is 5.05. The molecule has 0 radical (unpaired) electrons. The maximum atomic E-state index is 11.8. The number of allylic oxidation sites excluding steroid dienone is 1. The van der Waals surface area contributed by atoms with Crippen molar-refractivity contribution >= 4 is 22.8 Å². The third kappa shape index (κ3) is 2.41. The van der Waals surface area contributed by atoms with Crippen molar-refractivity contribution in [1.29, 1.82) is 0 Å². The third-order valence-electron chi connectivity index (χ3n) is 4.56. The Morgan fingerprint density at radius 2 is 1.79 bits per heavy atom. The van der Waals surface area contributed by atoms with Gasteiger partial charge in [0.25, 0.3) is 0 Å². The van der Waals surface area contributed by atoms with Crippen LogP contribution in [0, 0.1) is 0 Å². The first-order valence-corrected chi connectivity index (χ1v) is 8.25. The lowest BCUT2D eigenvalue weighted by Crippen LogP contribution is -2.05. The molecule has 1 aliphatic rings. The lowest BCUT2D eigenvalue weighted by atomic mass is 9.89. The summed E-state index contributed by atoms with van der Waals surface area (Å²) in [6.07, 6.45) is 4.42. The first kappa shape index (κ1) is 14.7. The summed E-state index contributed by atoms with van der Waals surface area (Å²) >= 11 is 0. The van der Waals surface area contributed by atoms with Crippen molar-refractivity contribution < 1.29 is 9.53 Å². The maximum Gasteiger partial charge on any atom is 0.338 e. The standard InChI is InChI=1S/C22H18O2/c1-2-24-22(23)18-11-8-16(9-12-18)20-14-13-17-10-7-15-5-3-4-6-19(15)21(17)20/h3-14,20H,2H2,1H3. The summed E-state index contributed by atoms with van der Waals surface area (Å²) in [6, 6.07) is 20.6. The van der Waals surface area contributed by atoms with E-state index in [0.29, 0.717) is 12.2 Å². The lowest BCUT2D eigenvalue weighted by molar-refractivity contribution is 0.0526. The van der Waals surface area contributed by atoms with Gasteiger partial charge in [-0.3, -0.25) is 0 Å². The molecule has 0 fully saturated rings. The van der Waals surface area contributed by atoms with Crippen molar-refractivity contribution in [2.45, 2.75) is 12.8 Å². The van der Waals surface area contributed by atoms with Gasteiger partial charge in [-0.05, 0) is 46.5 Å². The molecule has 0 spiro atoms. The van der Waals surface area contributed by atoms with Gasteiger partial charge < -0.3 is 4.74 Å². The van der Waals surface area contributed by atoms with Crippen LogP contribution < -0.4 is 0 Å². The van der Waals surface area contributed by atoms with E-state index in [1.54, 1.807) is 0 Å². The van der Waals surface area contributed by atoms with Crippen molar-refractivity contribution in [3.05, 3.63) is 89.0 Å². The van der Waals surface area contributed by atoms with Gasteiger partial charge in [-0.15, -0.1) is 0 Å². The monoisotopic (exact) mass is 314 g/mol. The van der Waals surface area contributed by atoms with Crippen LogP contribution in [0.15, 0.2) is 66.7 Å². The van der Waals surface area contributed by atoms with E-state index in [-0.39, 0.29) is 11.9 Å². The first-order chi connectivity index (χ1) is 11.8. The topological polar surface area (TPSA) is 26.3 Å². The van der Waals surface area contributed by atoms with Gasteiger partial charge in [0, 0.05) is 5.92 Å². The Hall–Kier alpha value is -2.87. The number of esters is 1. The molecule has 0 aromatic heterocycles. The molecule has 2 nitrogen and oxygen atoms in total. The van der Waals surface area contributed by atoms with Gasteiger partial charge in [0.1, 0.15) is 0 Å². The molecule has 3 aromatic carbocycles. The van der Waals surface area contributed by atoms with Crippen LogP contribution in [0.1, 0.15) is 39.9 Å². The predicted octanol–water partition coefficient (Wildman–Crippen LogP) is 5.18. The normalized spacial score (nSPS) is 15.5. The van der Waals surface area contributed by atoms with E-state index < -0.39 is 0 Å². The molecule has 0 N–H and O–H groups in total. The number of fused-ring (bicyclic) bond motifs is 3. The van der Waals surface area contributed by atoms with Gasteiger partial charge in [-0.1, -0.05) is 60.7 Å². The molecular formula is C22H18O2. The Kier molecular flexibility index (Phi) is 3.66. The molecule has 0 heterocycles. The summed E-state index contributed by atoms with van der Waals surface area (Å²) in [6.45, 7) is 2.21. The van der Waals surface area contributed by atoms with E-state index in [9.17, 15) is 4.79 Å². The number of hydrogen-bond acceptors (Lipinski definition) is 2. The Bertz CT molecular complexity index is 936. The highest BCUT2D eigenvalue weighted by Crippen LogP contribution is 2.39. The summed E-state index contributed by atoms with van der Waals surface area (Å²) in [4.78, 5) is 11.8. The largest absolute Gasteiger partial charge is 0.462 e. The van der Waals surface area contributed by atoms with Crippen LogP contribution in [0.25, 0.3) is 16.8 Å². The zero-order chi connectivity index (χ0) is 16.5. The number of hydrogen-bond donors (Lipinski definition) is 0. The smallest absolute Gasteiger partial charge is 0.338 e. The highest BCUT2D eigenvalue weighted by atomic mass is 16.5. The Morgan fingerprint density at radius 3 is 2.58 bits per heavy atom. The van der Waals surface area contributed by atoms with E-state index >= 15 is 0 Å². The minimum Gasteiger partial charge on any atom is -0.462 e. The second kappa shape index (κ2) is 5.97. The van der Waals surface area contributed by atoms with E-state index in [1.165, 1.54) is 27.5 Å². The van der Waals surface area contributed by atoms with Crippen LogP contribution in [0.5, 0.6) is 0 Å². The average Bonchev–Trinajstić information content (AvgIpc) is 3.07. The molecule has 24 heavy (non-hydrogen) atoms. The molecular weight excluding hydrogens is 296 g/mol. The molecule has 1 unspecified atom stereocenters. The minimum atomic E-state index is -0.267. The molecule has 0 saturated carbocycles. The highest BCUT2D eigenvalue weighted by Gasteiger charge is 2.21. The van der Waals surface area contributed by atoms with Crippen molar-refractivity contribution in [2.24, 2.45) is 0 Å². The van der Waals surface area contributed by atoms with Crippen molar-refractivity contribution in [1.82, 2.24) is 0 Å². The predicted molar refractivity (Wildman–Crippen MR) is 97.2 cm³/mol. The van der Waals surface area contributed by atoms with Gasteiger partial charge in [0.15, 0.2) is 0 Å². The molecule has 3 aromatic rings. The van der Waals surface area contributed by atoms with Gasteiger partial charge in [-0.25, -0.2) is 4.79 Å². The van der Waals surface area contributed by atoms with Crippen LogP contribution >= 0.6 is 0 Å². The third-order valence-corrected chi connectivity index (χ3v) is 4.56. The van der Waals surface area contributed by atoms with Crippen LogP contribution in [-0.2, 0) is 4.74 Å². The Labute approximate surface area is 141 Å². The molecule has 0 saturated heterocycles. The van der Waals surface area contributed by atoms with Gasteiger partial charge in [0.05, 0.1) is 12.2 Å². The average molecular weight is 314 g/mol. The fourth-order valence-electron chi connectivity index (χ4n) is 3.42.